The molecule has 5 rings (SSSR count). The third-order valence-corrected chi connectivity index (χ3v) is 6.35. The number of H-pyrrole nitrogens is 1. The minimum atomic E-state index is -0.542. The number of fused-ring (bicyclic) bond motifs is 2. The predicted molar refractivity (Wildman–Crippen MR) is 137 cm³/mol. The van der Waals surface area contributed by atoms with Crippen molar-refractivity contribution >= 4 is 34.5 Å². The maximum absolute atomic E-state index is 13.1. The van der Waals surface area contributed by atoms with Crippen LogP contribution in [0.5, 0.6) is 11.5 Å². The van der Waals surface area contributed by atoms with E-state index in [1.165, 1.54) is 6.07 Å². The van der Waals surface area contributed by atoms with E-state index in [4.69, 9.17) is 15.2 Å². The van der Waals surface area contributed by atoms with Crippen LogP contribution < -0.4 is 10.5 Å². The Hall–Kier alpha value is -3.98. The highest BCUT2D eigenvalue weighted by Crippen LogP contribution is 2.40. The number of benzene rings is 2. The van der Waals surface area contributed by atoms with E-state index in [-0.39, 0.29) is 23.4 Å². The molecule has 1 amide bonds. The van der Waals surface area contributed by atoms with E-state index in [0.29, 0.717) is 55.3 Å². The Morgan fingerprint density at radius 1 is 1.19 bits per heavy atom. The first-order valence-electron chi connectivity index (χ1n) is 11.9. The number of anilines is 1. The summed E-state index contributed by atoms with van der Waals surface area (Å²) < 4.78 is 11.5. The van der Waals surface area contributed by atoms with Gasteiger partial charge in [-0.3, -0.25) is 9.69 Å². The van der Waals surface area contributed by atoms with Crippen LogP contribution in [-0.4, -0.2) is 63.5 Å². The standard InChI is InChI=1S/C27H30N4O5/c1-27(2,3)36-26(34)31-10-8-30(9-11-31)15-20-22(32)7-6-19-24(33)23(35-25(19)20)12-16-14-29-21-13-17(28)4-5-18(16)21/h4-7,12-14,29,32H,8-11,15,28H2,1-3H3. The second kappa shape index (κ2) is 8.91. The number of aromatic hydroxyl groups is 1. The summed E-state index contributed by atoms with van der Waals surface area (Å²) in [7, 11) is 0. The highest BCUT2D eigenvalue weighted by molar-refractivity contribution is 6.15. The summed E-state index contributed by atoms with van der Waals surface area (Å²) in [5, 5.41) is 11.6. The summed E-state index contributed by atoms with van der Waals surface area (Å²) >= 11 is 0. The second-order valence-corrected chi connectivity index (χ2v) is 10.2. The van der Waals surface area contributed by atoms with E-state index >= 15 is 0 Å². The fraction of sp³-hybridized carbons (Fsp3) is 0.333. The minimum absolute atomic E-state index is 0.0694. The lowest BCUT2D eigenvalue weighted by Crippen LogP contribution is -2.49. The summed E-state index contributed by atoms with van der Waals surface area (Å²) in [6.45, 7) is 8.18. The number of aromatic nitrogens is 1. The number of phenolic OH excluding ortho intramolecular Hbond substituents is 1. The zero-order valence-electron chi connectivity index (χ0n) is 20.6. The number of nitrogens with one attached hydrogen (secondary N) is 1. The van der Waals surface area contributed by atoms with Gasteiger partial charge in [0.2, 0.25) is 5.78 Å². The summed E-state index contributed by atoms with van der Waals surface area (Å²) in [6, 6.07) is 8.66. The van der Waals surface area contributed by atoms with Gasteiger partial charge in [0.15, 0.2) is 5.76 Å². The Balaban J connectivity index is 1.33. The lowest BCUT2D eigenvalue weighted by atomic mass is 10.0. The fourth-order valence-corrected chi connectivity index (χ4v) is 4.52. The number of aromatic amines is 1. The largest absolute Gasteiger partial charge is 0.507 e. The van der Waals surface area contributed by atoms with E-state index < -0.39 is 5.60 Å². The van der Waals surface area contributed by atoms with Crippen molar-refractivity contribution in [3.63, 3.8) is 0 Å². The van der Waals surface area contributed by atoms with Gasteiger partial charge in [-0.1, -0.05) is 6.07 Å². The van der Waals surface area contributed by atoms with Gasteiger partial charge in [0.05, 0.1) is 11.1 Å². The van der Waals surface area contributed by atoms with Crippen LogP contribution in [0.1, 0.15) is 42.3 Å². The van der Waals surface area contributed by atoms with Crippen LogP contribution in [0.4, 0.5) is 10.5 Å². The van der Waals surface area contributed by atoms with E-state index in [1.807, 2.05) is 39.0 Å². The molecule has 4 N–H and O–H groups in total. The lowest BCUT2D eigenvalue weighted by molar-refractivity contribution is 0.0138. The number of Topliss-reactive ketones (excluding diaryl/α,β-unsaturated/α-hetero) is 1. The van der Waals surface area contributed by atoms with Crippen LogP contribution in [0.15, 0.2) is 42.3 Å². The van der Waals surface area contributed by atoms with Gasteiger partial charge in [-0.25, -0.2) is 4.79 Å². The highest BCUT2D eigenvalue weighted by atomic mass is 16.6. The monoisotopic (exact) mass is 490 g/mol. The first kappa shape index (κ1) is 23.7. The molecule has 3 aromatic rings. The van der Waals surface area contributed by atoms with Crippen molar-refractivity contribution in [2.75, 3.05) is 31.9 Å². The molecular formula is C27H30N4O5. The Labute approximate surface area is 209 Å². The Morgan fingerprint density at radius 3 is 2.67 bits per heavy atom. The maximum atomic E-state index is 13.1. The number of phenols is 1. The quantitative estimate of drug-likeness (QED) is 0.373. The minimum Gasteiger partial charge on any atom is -0.507 e. The first-order chi connectivity index (χ1) is 17.1. The van der Waals surface area contributed by atoms with E-state index in [0.717, 1.165) is 16.5 Å². The summed E-state index contributed by atoms with van der Waals surface area (Å²) in [6.07, 6.45) is 3.19. The topological polar surface area (TPSA) is 121 Å². The number of carbonyl (C=O) groups is 2. The zero-order chi connectivity index (χ0) is 25.6. The van der Waals surface area contributed by atoms with Gasteiger partial charge in [0.25, 0.3) is 0 Å². The molecule has 1 fully saturated rings. The number of nitrogens with zero attached hydrogens (tertiary/aromatic N) is 2. The number of hydrogen-bond donors (Lipinski definition) is 3. The average Bonchev–Trinajstić information content (AvgIpc) is 3.35. The van der Waals surface area contributed by atoms with Gasteiger partial charge in [0.1, 0.15) is 17.1 Å². The molecule has 2 aliphatic heterocycles. The van der Waals surface area contributed by atoms with Crippen molar-refractivity contribution in [2.24, 2.45) is 0 Å². The maximum Gasteiger partial charge on any atom is 0.410 e. The Morgan fingerprint density at radius 2 is 1.94 bits per heavy atom. The predicted octanol–water partition coefficient (Wildman–Crippen LogP) is 4.12. The number of ketones is 1. The van der Waals surface area contributed by atoms with Gasteiger partial charge in [-0.05, 0) is 51.1 Å². The number of ether oxygens (including phenoxy) is 2. The number of nitrogens with two attached hydrogens (primary N) is 1. The van der Waals surface area contributed by atoms with Crippen molar-refractivity contribution < 1.29 is 24.2 Å². The van der Waals surface area contributed by atoms with Crippen molar-refractivity contribution in [2.45, 2.75) is 32.9 Å². The van der Waals surface area contributed by atoms with Crippen molar-refractivity contribution in [3.8, 4) is 11.5 Å². The lowest BCUT2D eigenvalue weighted by Gasteiger charge is -2.35. The molecule has 9 heteroatoms. The normalized spacial score (nSPS) is 17.5. The van der Waals surface area contributed by atoms with E-state index in [2.05, 4.69) is 9.88 Å². The van der Waals surface area contributed by atoms with Crippen molar-refractivity contribution in [1.82, 2.24) is 14.8 Å². The summed E-state index contributed by atoms with van der Waals surface area (Å²) in [5.41, 5.74) is 8.63. The van der Waals surface area contributed by atoms with Gasteiger partial charge in [-0.15, -0.1) is 0 Å². The molecule has 1 aromatic heterocycles. The van der Waals surface area contributed by atoms with Gasteiger partial charge in [0, 0.05) is 61.1 Å². The van der Waals surface area contributed by atoms with Crippen LogP contribution in [0.2, 0.25) is 0 Å². The zero-order valence-corrected chi connectivity index (χ0v) is 20.6. The molecule has 3 heterocycles. The van der Waals surface area contributed by atoms with Crippen LogP contribution in [0.3, 0.4) is 0 Å². The molecule has 0 radical (unpaired) electrons. The smallest absolute Gasteiger partial charge is 0.410 e. The van der Waals surface area contributed by atoms with Crippen LogP contribution in [-0.2, 0) is 11.3 Å². The second-order valence-electron chi connectivity index (χ2n) is 10.2. The third kappa shape index (κ3) is 4.61. The number of rotatable bonds is 3. The number of allylic oxidation sites excluding steroid dienone is 1. The van der Waals surface area contributed by atoms with Gasteiger partial charge in [-0.2, -0.15) is 0 Å². The number of nitrogen functional groups attached to an aromatic ring is 1. The number of amides is 1. The van der Waals surface area contributed by atoms with E-state index in [1.54, 1.807) is 23.2 Å². The van der Waals surface area contributed by atoms with E-state index in [9.17, 15) is 14.7 Å². The van der Waals surface area contributed by atoms with Gasteiger partial charge < -0.3 is 30.2 Å². The molecule has 0 aliphatic carbocycles. The summed E-state index contributed by atoms with van der Waals surface area (Å²) in [5.74, 6) is 0.417. The molecule has 2 aliphatic rings. The molecule has 1 saturated heterocycles. The SMILES string of the molecule is CC(C)(C)OC(=O)N1CCN(Cc2c(O)ccc3c2OC(=Cc2c[nH]c4cc(N)ccc24)C3=O)CC1. The molecule has 9 nitrogen and oxygen atoms in total. The van der Waals surface area contributed by atoms with Crippen molar-refractivity contribution in [1.29, 1.82) is 0 Å². The average molecular weight is 491 g/mol. The number of carbonyl (C=O) groups excluding carboxylic acids is 2. The molecule has 36 heavy (non-hydrogen) atoms. The Kier molecular flexibility index (Phi) is 5.88. The van der Waals surface area contributed by atoms with Crippen molar-refractivity contribution in [3.05, 3.63) is 59.0 Å². The number of piperazine rings is 1. The molecule has 188 valence electrons. The number of hydrogen-bond acceptors (Lipinski definition) is 7. The molecule has 0 bridgehead atoms. The molecule has 0 atom stereocenters. The van der Waals surface area contributed by atoms with Crippen LogP contribution >= 0.6 is 0 Å². The molecule has 0 unspecified atom stereocenters. The van der Waals surface area contributed by atoms with Crippen LogP contribution in [0.25, 0.3) is 17.0 Å². The van der Waals surface area contributed by atoms with Crippen LogP contribution in [0, 0.1) is 0 Å². The molecular weight excluding hydrogens is 460 g/mol. The molecule has 0 saturated carbocycles. The Bertz CT molecular complexity index is 1380. The highest BCUT2D eigenvalue weighted by Gasteiger charge is 2.33. The molecule has 2 aromatic carbocycles. The van der Waals surface area contributed by atoms with Gasteiger partial charge >= 0.3 is 6.09 Å². The first-order valence-corrected chi connectivity index (χ1v) is 11.9. The molecule has 0 spiro atoms. The fourth-order valence-electron chi connectivity index (χ4n) is 4.52. The third-order valence-electron chi connectivity index (χ3n) is 6.35. The summed E-state index contributed by atoms with van der Waals surface area (Å²) in [4.78, 5) is 32.5.